The van der Waals surface area contributed by atoms with E-state index in [-0.39, 0.29) is 30.9 Å². The van der Waals surface area contributed by atoms with Gasteiger partial charge in [-0.15, -0.1) is 0 Å². The van der Waals surface area contributed by atoms with Gasteiger partial charge in [0.1, 0.15) is 5.82 Å². The van der Waals surface area contributed by atoms with Gasteiger partial charge in [-0.05, 0) is 18.2 Å². The molecule has 3 nitrogen and oxygen atoms in total. The van der Waals surface area contributed by atoms with Gasteiger partial charge in [-0.3, -0.25) is 9.59 Å². The number of likely N-dealkylation sites (tertiary alicyclic amines) is 1. The van der Waals surface area contributed by atoms with Crippen LogP contribution in [0, 0.1) is 5.82 Å². The van der Waals surface area contributed by atoms with Crippen molar-refractivity contribution >= 4 is 11.7 Å². The summed E-state index contributed by atoms with van der Waals surface area (Å²) in [4.78, 5) is 23.4. The van der Waals surface area contributed by atoms with Crippen molar-refractivity contribution < 1.29 is 27.2 Å². The Balaban J connectivity index is 2.25. The third-order valence-corrected chi connectivity index (χ3v) is 2.80. The average molecular weight is 275 g/mol. The fourth-order valence-corrected chi connectivity index (χ4v) is 1.86. The van der Waals surface area contributed by atoms with Gasteiger partial charge in [0.05, 0.1) is 18.5 Å². The maximum Gasteiger partial charge on any atom is 0.416 e. The smallest absolute Gasteiger partial charge is 0.331 e. The second-order valence-corrected chi connectivity index (χ2v) is 4.27. The van der Waals surface area contributed by atoms with E-state index in [1.54, 1.807) is 0 Å². The van der Waals surface area contributed by atoms with Gasteiger partial charge in [-0.1, -0.05) is 0 Å². The summed E-state index contributed by atoms with van der Waals surface area (Å²) in [6.07, 6.45) is -4.85. The number of Topliss-reactive ketones (excluding diaryl/α,β-unsaturated/α-hetero) is 1. The van der Waals surface area contributed by atoms with E-state index in [1.165, 1.54) is 0 Å². The highest BCUT2D eigenvalue weighted by molar-refractivity contribution is 6.05. The summed E-state index contributed by atoms with van der Waals surface area (Å²) in [5.41, 5.74) is -1.24. The molecule has 1 aromatic rings. The van der Waals surface area contributed by atoms with E-state index in [0.29, 0.717) is 18.2 Å². The van der Waals surface area contributed by atoms with Crippen LogP contribution in [0.4, 0.5) is 17.6 Å². The molecule has 0 unspecified atom stereocenters. The van der Waals surface area contributed by atoms with Crippen LogP contribution in [0.2, 0.25) is 0 Å². The van der Waals surface area contributed by atoms with Gasteiger partial charge in [0.2, 0.25) is 5.91 Å². The van der Waals surface area contributed by atoms with E-state index in [9.17, 15) is 27.2 Å². The van der Waals surface area contributed by atoms with Crippen molar-refractivity contribution in [2.45, 2.75) is 19.1 Å². The molecule has 7 heteroatoms. The Morgan fingerprint density at radius 1 is 1.21 bits per heavy atom. The van der Waals surface area contributed by atoms with Gasteiger partial charge in [-0.25, -0.2) is 4.39 Å². The molecule has 0 aliphatic carbocycles. The lowest BCUT2D eigenvalue weighted by Gasteiger charge is -2.16. The SMILES string of the molecule is O=C1CC(=O)N(Cc2cc(C(F)(F)F)ccc2F)C1. The lowest BCUT2D eigenvalue weighted by molar-refractivity contribution is -0.137. The minimum absolute atomic E-state index is 0.186. The first-order valence-electron chi connectivity index (χ1n) is 5.42. The molecule has 0 N–H and O–H groups in total. The molecule has 1 aliphatic heterocycles. The van der Waals surface area contributed by atoms with Crippen LogP contribution in [0.5, 0.6) is 0 Å². The molecule has 0 spiro atoms. The van der Waals surface area contributed by atoms with E-state index in [2.05, 4.69) is 0 Å². The Bertz CT molecular complexity index is 539. The average Bonchev–Trinajstić information content (AvgIpc) is 2.59. The fraction of sp³-hybridized carbons (Fsp3) is 0.333. The topological polar surface area (TPSA) is 37.4 Å². The minimum Gasteiger partial charge on any atom is -0.331 e. The monoisotopic (exact) mass is 275 g/mol. The molecule has 0 atom stereocenters. The van der Waals surface area contributed by atoms with Crippen molar-refractivity contribution in [1.82, 2.24) is 4.90 Å². The summed E-state index contributed by atoms with van der Waals surface area (Å²) in [7, 11) is 0. The maximum absolute atomic E-state index is 13.4. The summed E-state index contributed by atoms with van der Waals surface area (Å²) >= 11 is 0. The fourth-order valence-electron chi connectivity index (χ4n) is 1.86. The van der Waals surface area contributed by atoms with Crippen LogP contribution in [0.15, 0.2) is 18.2 Å². The molecule has 0 radical (unpaired) electrons. The van der Waals surface area contributed by atoms with E-state index in [4.69, 9.17) is 0 Å². The Kier molecular flexibility index (Phi) is 3.30. The third-order valence-electron chi connectivity index (χ3n) is 2.80. The van der Waals surface area contributed by atoms with Crippen molar-refractivity contribution in [3.8, 4) is 0 Å². The van der Waals surface area contributed by atoms with Crippen LogP contribution < -0.4 is 0 Å². The zero-order valence-electron chi connectivity index (χ0n) is 9.63. The van der Waals surface area contributed by atoms with E-state index in [1.807, 2.05) is 0 Å². The first-order valence-corrected chi connectivity index (χ1v) is 5.42. The Labute approximate surface area is 105 Å². The van der Waals surface area contributed by atoms with Gasteiger partial charge in [0, 0.05) is 12.1 Å². The minimum atomic E-state index is -4.58. The highest BCUT2D eigenvalue weighted by Crippen LogP contribution is 2.30. The van der Waals surface area contributed by atoms with Crippen molar-refractivity contribution in [3.05, 3.63) is 35.1 Å². The summed E-state index contributed by atoms with van der Waals surface area (Å²) in [6, 6.07) is 2.00. The van der Waals surface area contributed by atoms with E-state index < -0.39 is 23.5 Å². The normalized spacial score (nSPS) is 16.3. The molecule has 102 valence electrons. The Morgan fingerprint density at radius 3 is 2.42 bits per heavy atom. The molecule has 1 saturated heterocycles. The first-order chi connectivity index (χ1) is 8.77. The van der Waals surface area contributed by atoms with Crippen molar-refractivity contribution in [3.63, 3.8) is 0 Å². The molecule has 1 heterocycles. The summed E-state index contributed by atoms with van der Waals surface area (Å²) in [5.74, 6) is -1.65. The van der Waals surface area contributed by atoms with Gasteiger partial charge in [-0.2, -0.15) is 13.2 Å². The number of hydrogen-bond acceptors (Lipinski definition) is 2. The molecule has 19 heavy (non-hydrogen) atoms. The highest BCUT2D eigenvalue weighted by atomic mass is 19.4. The molecular formula is C12H9F4NO2. The van der Waals surface area contributed by atoms with Crippen molar-refractivity contribution in [1.29, 1.82) is 0 Å². The number of benzene rings is 1. The molecule has 1 aromatic carbocycles. The number of carbonyl (C=O) groups excluding carboxylic acids is 2. The number of alkyl halides is 3. The highest BCUT2D eigenvalue weighted by Gasteiger charge is 2.32. The molecule has 0 aromatic heterocycles. The Hall–Kier alpha value is -1.92. The second-order valence-electron chi connectivity index (χ2n) is 4.27. The van der Waals surface area contributed by atoms with Crippen molar-refractivity contribution in [2.75, 3.05) is 6.54 Å². The number of ketones is 1. The predicted octanol–water partition coefficient (Wildman–Crippen LogP) is 2.15. The Morgan fingerprint density at radius 2 is 1.89 bits per heavy atom. The van der Waals surface area contributed by atoms with Crippen LogP contribution in [-0.2, 0) is 22.3 Å². The summed E-state index contributed by atoms with van der Waals surface area (Å²) in [5, 5.41) is 0. The number of rotatable bonds is 2. The lowest BCUT2D eigenvalue weighted by atomic mass is 10.1. The zero-order chi connectivity index (χ0) is 14.2. The number of amides is 1. The van der Waals surface area contributed by atoms with Crippen molar-refractivity contribution in [2.24, 2.45) is 0 Å². The summed E-state index contributed by atoms with van der Waals surface area (Å²) < 4.78 is 50.9. The maximum atomic E-state index is 13.4. The standard InChI is InChI=1S/C12H9F4NO2/c13-10-2-1-8(12(14,15)16)3-7(10)5-17-6-9(18)4-11(17)19/h1-3H,4-6H2. The largest absolute Gasteiger partial charge is 0.416 e. The van der Waals surface area contributed by atoms with Gasteiger partial charge in [0.15, 0.2) is 5.78 Å². The molecule has 1 fully saturated rings. The quantitative estimate of drug-likeness (QED) is 0.612. The van der Waals surface area contributed by atoms with E-state index in [0.717, 1.165) is 4.90 Å². The zero-order valence-corrected chi connectivity index (χ0v) is 9.63. The summed E-state index contributed by atoms with van der Waals surface area (Å²) in [6.45, 7) is -0.519. The van der Waals surface area contributed by atoms with Crippen LogP contribution in [-0.4, -0.2) is 23.1 Å². The molecule has 0 saturated carbocycles. The van der Waals surface area contributed by atoms with Crippen LogP contribution in [0.3, 0.4) is 0 Å². The van der Waals surface area contributed by atoms with Gasteiger partial charge < -0.3 is 4.90 Å². The second kappa shape index (κ2) is 4.64. The third kappa shape index (κ3) is 2.91. The first kappa shape index (κ1) is 13.5. The van der Waals surface area contributed by atoms with Gasteiger partial charge >= 0.3 is 6.18 Å². The van der Waals surface area contributed by atoms with Crippen LogP contribution in [0.25, 0.3) is 0 Å². The molecule has 0 bridgehead atoms. The van der Waals surface area contributed by atoms with Crippen LogP contribution >= 0.6 is 0 Å². The molecule has 2 rings (SSSR count). The molecule has 1 aliphatic rings. The molecule has 1 amide bonds. The predicted molar refractivity (Wildman–Crippen MR) is 56.4 cm³/mol. The number of halogens is 4. The number of carbonyl (C=O) groups is 2. The number of nitrogens with zero attached hydrogens (tertiary/aromatic N) is 1. The lowest BCUT2D eigenvalue weighted by Crippen LogP contribution is -2.25. The number of hydrogen-bond donors (Lipinski definition) is 0. The molecular weight excluding hydrogens is 266 g/mol. The van der Waals surface area contributed by atoms with Gasteiger partial charge in [0.25, 0.3) is 0 Å². The van der Waals surface area contributed by atoms with E-state index >= 15 is 0 Å². The van der Waals surface area contributed by atoms with Crippen LogP contribution in [0.1, 0.15) is 17.5 Å².